The highest BCUT2D eigenvalue weighted by atomic mass is 16.6. The number of anilines is 1. The third-order valence-electron chi connectivity index (χ3n) is 4.35. The normalized spacial score (nSPS) is 12.8. The lowest BCUT2D eigenvalue weighted by Gasteiger charge is -2.13. The highest BCUT2D eigenvalue weighted by Crippen LogP contribution is 2.30. The monoisotopic (exact) mass is 408 g/mol. The molecule has 0 aliphatic carbocycles. The van der Waals surface area contributed by atoms with E-state index in [1.165, 1.54) is 18.2 Å². The highest BCUT2D eigenvalue weighted by Gasteiger charge is 2.26. The molecule has 0 fully saturated rings. The first kappa shape index (κ1) is 20.7. The Morgan fingerprint density at radius 1 is 1.17 bits per heavy atom. The molecule has 0 saturated heterocycles. The Balaban J connectivity index is 1.95. The number of benzene rings is 2. The smallest absolute Gasteiger partial charge is 0.343 e. The van der Waals surface area contributed by atoms with Crippen molar-refractivity contribution in [1.29, 1.82) is 0 Å². The molecule has 30 heavy (non-hydrogen) atoms. The van der Waals surface area contributed by atoms with E-state index in [4.69, 9.17) is 4.74 Å². The van der Waals surface area contributed by atoms with Crippen LogP contribution in [0.15, 0.2) is 64.8 Å². The Morgan fingerprint density at radius 2 is 1.87 bits per heavy atom. The molecule has 0 aromatic heterocycles. The SMILES string of the molecule is CCOC(=O)C1=C(C)Nc2ccccc2N=C1NC(=O)Cc1ccccc1[N+](=O)[O-]. The summed E-state index contributed by atoms with van der Waals surface area (Å²) < 4.78 is 5.13. The molecule has 3 rings (SSSR count). The van der Waals surface area contributed by atoms with Gasteiger partial charge in [0.2, 0.25) is 5.91 Å². The fraction of sp³-hybridized carbons (Fsp3) is 0.190. The zero-order valence-corrected chi connectivity index (χ0v) is 16.5. The summed E-state index contributed by atoms with van der Waals surface area (Å²) in [7, 11) is 0. The first-order valence-corrected chi connectivity index (χ1v) is 9.26. The van der Waals surface area contributed by atoms with Crippen molar-refractivity contribution >= 4 is 34.8 Å². The number of nitrogens with one attached hydrogen (secondary N) is 2. The summed E-state index contributed by atoms with van der Waals surface area (Å²) in [5, 5.41) is 16.9. The maximum Gasteiger partial charge on any atom is 0.343 e. The number of hydrogen-bond donors (Lipinski definition) is 2. The zero-order valence-electron chi connectivity index (χ0n) is 16.5. The first-order valence-electron chi connectivity index (χ1n) is 9.26. The van der Waals surface area contributed by atoms with Crippen LogP contribution in [0.1, 0.15) is 19.4 Å². The van der Waals surface area contributed by atoms with E-state index in [-0.39, 0.29) is 35.7 Å². The topological polar surface area (TPSA) is 123 Å². The van der Waals surface area contributed by atoms with Gasteiger partial charge in [-0.15, -0.1) is 0 Å². The number of aliphatic imine (C=N–C) groups is 1. The Labute approximate surface area is 172 Å². The number of ether oxygens (including phenoxy) is 1. The van der Waals surface area contributed by atoms with Crippen LogP contribution in [-0.2, 0) is 20.7 Å². The van der Waals surface area contributed by atoms with Crippen LogP contribution in [0.3, 0.4) is 0 Å². The maximum atomic E-state index is 12.7. The largest absolute Gasteiger partial charge is 0.462 e. The number of nitro benzene ring substituents is 1. The molecule has 0 atom stereocenters. The molecule has 1 heterocycles. The van der Waals surface area contributed by atoms with Gasteiger partial charge in [0.1, 0.15) is 11.4 Å². The molecular weight excluding hydrogens is 388 g/mol. The van der Waals surface area contributed by atoms with Crippen molar-refractivity contribution < 1.29 is 19.2 Å². The average Bonchev–Trinajstić information content (AvgIpc) is 2.83. The van der Waals surface area contributed by atoms with Gasteiger partial charge in [-0.2, -0.15) is 0 Å². The highest BCUT2D eigenvalue weighted by molar-refractivity contribution is 6.24. The Kier molecular flexibility index (Phi) is 6.21. The van der Waals surface area contributed by atoms with E-state index in [1.54, 1.807) is 38.1 Å². The van der Waals surface area contributed by atoms with Gasteiger partial charge in [0, 0.05) is 17.3 Å². The Hall–Kier alpha value is -4.01. The van der Waals surface area contributed by atoms with Crippen LogP contribution in [0.4, 0.5) is 17.1 Å². The third-order valence-corrected chi connectivity index (χ3v) is 4.35. The number of allylic oxidation sites excluding steroid dienone is 1. The summed E-state index contributed by atoms with van der Waals surface area (Å²) in [6.45, 7) is 3.51. The van der Waals surface area contributed by atoms with E-state index < -0.39 is 16.8 Å². The summed E-state index contributed by atoms with van der Waals surface area (Å²) >= 11 is 0. The van der Waals surface area contributed by atoms with Crippen molar-refractivity contribution in [2.24, 2.45) is 4.99 Å². The average molecular weight is 408 g/mol. The summed E-state index contributed by atoms with van der Waals surface area (Å²) in [5.74, 6) is -1.16. The molecule has 0 spiro atoms. The number of para-hydroxylation sites is 3. The number of amidine groups is 1. The predicted octanol–water partition coefficient (Wildman–Crippen LogP) is 3.25. The minimum Gasteiger partial charge on any atom is -0.462 e. The van der Waals surface area contributed by atoms with Gasteiger partial charge in [0.05, 0.1) is 29.3 Å². The predicted molar refractivity (Wildman–Crippen MR) is 111 cm³/mol. The number of esters is 1. The first-order chi connectivity index (χ1) is 14.4. The van der Waals surface area contributed by atoms with Crippen LogP contribution in [0.2, 0.25) is 0 Å². The van der Waals surface area contributed by atoms with Crippen LogP contribution in [-0.4, -0.2) is 29.2 Å². The molecule has 1 amide bonds. The molecule has 0 radical (unpaired) electrons. The number of fused-ring (bicyclic) bond motifs is 1. The molecule has 2 N–H and O–H groups in total. The fourth-order valence-electron chi connectivity index (χ4n) is 3.03. The molecule has 2 aromatic carbocycles. The van der Waals surface area contributed by atoms with Gasteiger partial charge in [0.15, 0.2) is 0 Å². The lowest BCUT2D eigenvalue weighted by molar-refractivity contribution is -0.385. The maximum absolute atomic E-state index is 12.7. The second-order valence-corrected chi connectivity index (χ2v) is 6.43. The van der Waals surface area contributed by atoms with Crippen molar-refractivity contribution in [3.05, 3.63) is 75.5 Å². The molecule has 9 heteroatoms. The van der Waals surface area contributed by atoms with Crippen molar-refractivity contribution in [2.45, 2.75) is 20.3 Å². The molecule has 1 aliphatic rings. The van der Waals surface area contributed by atoms with Crippen molar-refractivity contribution in [3.63, 3.8) is 0 Å². The summed E-state index contributed by atoms with van der Waals surface area (Å²) in [6, 6.07) is 13.1. The number of nitro groups is 1. The van der Waals surface area contributed by atoms with Crippen molar-refractivity contribution in [1.82, 2.24) is 5.32 Å². The summed E-state index contributed by atoms with van der Waals surface area (Å²) in [4.78, 5) is 40.4. The standard InChI is InChI=1S/C21H20N4O5/c1-3-30-21(27)19-13(2)22-15-9-5-6-10-16(15)23-20(19)24-18(26)12-14-8-4-7-11-17(14)25(28)29/h4-11,22H,3,12H2,1-2H3,(H,23,24,26). The number of carbonyl (C=O) groups excluding carboxylic acids is 2. The molecule has 2 aromatic rings. The minimum atomic E-state index is -0.639. The summed E-state index contributed by atoms with van der Waals surface area (Å²) in [5.41, 5.74) is 1.84. The van der Waals surface area contributed by atoms with E-state index in [0.29, 0.717) is 17.1 Å². The van der Waals surface area contributed by atoms with Crippen LogP contribution in [0.25, 0.3) is 0 Å². The quantitative estimate of drug-likeness (QED) is 0.445. The third kappa shape index (κ3) is 4.52. The zero-order chi connectivity index (χ0) is 21.7. The lowest BCUT2D eigenvalue weighted by atomic mass is 10.1. The minimum absolute atomic E-state index is 0.0204. The molecule has 1 aliphatic heterocycles. The van der Waals surface area contributed by atoms with Crippen LogP contribution in [0.5, 0.6) is 0 Å². The summed E-state index contributed by atoms with van der Waals surface area (Å²) in [6.07, 6.45) is -0.250. The number of rotatable bonds is 5. The van der Waals surface area contributed by atoms with Gasteiger partial charge in [-0.25, -0.2) is 9.79 Å². The number of carbonyl (C=O) groups is 2. The molecule has 9 nitrogen and oxygen atoms in total. The molecule has 0 saturated carbocycles. The molecular formula is C21H20N4O5. The Bertz CT molecular complexity index is 1070. The fourth-order valence-corrected chi connectivity index (χ4v) is 3.03. The van der Waals surface area contributed by atoms with Gasteiger partial charge in [-0.3, -0.25) is 14.9 Å². The van der Waals surface area contributed by atoms with Gasteiger partial charge in [-0.1, -0.05) is 30.3 Å². The van der Waals surface area contributed by atoms with Crippen LogP contribution < -0.4 is 10.6 Å². The Morgan fingerprint density at radius 3 is 2.60 bits per heavy atom. The lowest BCUT2D eigenvalue weighted by Crippen LogP contribution is -2.36. The second kappa shape index (κ2) is 8.99. The van der Waals surface area contributed by atoms with Gasteiger partial charge in [-0.05, 0) is 26.0 Å². The number of nitrogens with zero attached hydrogens (tertiary/aromatic N) is 2. The van der Waals surface area contributed by atoms with E-state index >= 15 is 0 Å². The molecule has 0 unspecified atom stereocenters. The van der Waals surface area contributed by atoms with E-state index in [2.05, 4.69) is 15.6 Å². The van der Waals surface area contributed by atoms with Gasteiger partial charge >= 0.3 is 5.97 Å². The van der Waals surface area contributed by atoms with Crippen molar-refractivity contribution in [3.8, 4) is 0 Å². The van der Waals surface area contributed by atoms with Gasteiger partial charge < -0.3 is 15.4 Å². The van der Waals surface area contributed by atoms with Crippen LogP contribution in [0, 0.1) is 10.1 Å². The van der Waals surface area contributed by atoms with Gasteiger partial charge in [0.25, 0.3) is 5.69 Å². The number of amides is 1. The number of hydrogen-bond acceptors (Lipinski definition) is 7. The molecule has 0 bridgehead atoms. The van der Waals surface area contributed by atoms with Crippen LogP contribution >= 0.6 is 0 Å². The van der Waals surface area contributed by atoms with Crippen molar-refractivity contribution in [2.75, 3.05) is 11.9 Å². The molecule has 154 valence electrons. The second-order valence-electron chi connectivity index (χ2n) is 6.43. The van der Waals surface area contributed by atoms with E-state index in [9.17, 15) is 19.7 Å². The van der Waals surface area contributed by atoms with E-state index in [1.807, 2.05) is 6.07 Å². The van der Waals surface area contributed by atoms with E-state index in [0.717, 1.165) is 0 Å².